The Kier molecular flexibility index (Phi) is 3.59. The first-order chi connectivity index (χ1) is 7.69. The fourth-order valence-corrected chi connectivity index (χ4v) is 2.61. The van der Waals surface area contributed by atoms with E-state index in [4.69, 9.17) is 0 Å². The Balaban J connectivity index is 1.81. The van der Waals surface area contributed by atoms with Gasteiger partial charge in [-0.15, -0.1) is 0 Å². The molecule has 1 amide bonds. The van der Waals surface area contributed by atoms with Gasteiger partial charge in [0.15, 0.2) is 0 Å². The lowest BCUT2D eigenvalue weighted by molar-refractivity contribution is -0.139. The van der Waals surface area contributed by atoms with Crippen LogP contribution in [0.15, 0.2) is 0 Å². The Hall–Kier alpha value is -0.900. The van der Waals surface area contributed by atoms with E-state index in [0.29, 0.717) is 18.9 Å². The monoisotopic (exact) mass is 224 g/mol. The number of hydrogen-bond donors (Lipinski definition) is 0. The summed E-state index contributed by atoms with van der Waals surface area (Å²) < 4.78 is 0. The van der Waals surface area contributed by atoms with Gasteiger partial charge < -0.3 is 9.80 Å². The van der Waals surface area contributed by atoms with E-state index in [0.717, 1.165) is 26.2 Å². The highest BCUT2D eigenvalue weighted by Crippen LogP contribution is 2.19. The van der Waals surface area contributed by atoms with Crippen molar-refractivity contribution in [3.05, 3.63) is 0 Å². The molecule has 4 nitrogen and oxygen atoms in total. The van der Waals surface area contributed by atoms with E-state index in [1.54, 1.807) is 0 Å². The van der Waals surface area contributed by atoms with Crippen LogP contribution < -0.4 is 0 Å². The van der Waals surface area contributed by atoms with E-state index in [1.807, 2.05) is 4.90 Å². The number of nitrogens with zero attached hydrogens (tertiary/aromatic N) is 2. The van der Waals surface area contributed by atoms with Gasteiger partial charge in [0, 0.05) is 26.1 Å². The number of carbonyl (C=O) groups excluding carboxylic acids is 2. The van der Waals surface area contributed by atoms with Crippen LogP contribution in [0.2, 0.25) is 0 Å². The standard InChI is InChI=1S/C12H20N2O2/c1-2-13-5-3-10(8-13)9-14-6-4-11(15)7-12(14)16/h10H,2-9H2,1H3. The fraction of sp³-hybridized carbons (Fsp3) is 0.833. The molecule has 0 spiro atoms. The molecule has 2 aliphatic heterocycles. The van der Waals surface area contributed by atoms with Crippen molar-refractivity contribution in [3.63, 3.8) is 0 Å². The summed E-state index contributed by atoms with van der Waals surface area (Å²) in [6, 6.07) is 0. The van der Waals surface area contributed by atoms with Crippen molar-refractivity contribution in [2.45, 2.75) is 26.2 Å². The molecule has 16 heavy (non-hydrogen) atoms. The average molecular weight is 224 g/mol. The molecule has 2 rings (SSSR count). The lowest BCUT2D eigenvalue weighted by Gasteiger charge is -2.28. The minimum Gasteiger partial charge on any atom is -0.342 e. The Bertz CT molecular complexity index is 291. The maximum absolute atomic E-state index is 11.6. The first-order valence-corrected chi connectivity index (χ1v) is 6.21. The van der Waals surface area contributed by atoms with Crippen LogP contribution in [0, 0.1) is 5.92 Å². The highest BCUT2D eigenvalue weighted by molar-refractivity contribution is 6.00. The molecule has 1 unspecified atom stereocenters. The van der Waals surface area contributed by atoms with Crippen LogP contribution in [0.1, 0.15) is 26.2 Å². The van der Waals surface area contributed by atoms with E-state index < -0.39 is 0 Å². The number of ketones is 1. The fourth-order valence-electron chi connectivity index (χ4n) is 2.61. The van der Waals surface area contributed by atoms with Crippen LogP contribution >= 0.6 is 0 Å². The average Bonchev–Trinajstić information content (AvgIpc) is 2.70. The van der Waals surface area contributed by atoms with E-state index >= 15 is 0 Å². The van der Waals surface area contributed by atoms with Crippen molar-refractivity contribution in [1.29, 1.82) is 0 Å². The summed E-state index contributed by atoms with van der Waals surface area (Å²) in [5, 5.41) is 0. The Morgan fingerprint density at radius 1 is 1.31 bits per heavy atom. The van der Waals surface area contributed by atoms with E-state index in [1.165, 1.54) is 6.42 Å². The third-order valence-corrected chi connectivity index (χ3v) is 3.66. The molecule has 0 bridgehead atoms. The SMILES string of the molecule is CCN1CCC(CN2CCC(=O)CC2=O)C1. The maximum Gasteiger partial charge on any atom is 0.230 e. The van der Waals surface area contributed by atoms with Crippen LogP contribution in [0.5, 0.6) is 0 Å². The number of hydrogen-bond acceptors (Lipinski definition) is 3. The lowest BCUT2D eigenvalue weighted by Crippen LogP contribution is -2.42. The van der Waals surface area contributed by atoms with Crippen molar-refractivity contribution >= 4 is 11.7 Å². The van der Waals surface area contributed by atoms with Crippen LogP contribution in [0.25, 0.3) is 0 Å². The number of amides is 1. The third kappa shape index (κ3) is 2.61. The lowest BCUT2D eigenvalue weighted by atomic mass is 10.0. The van der Waals surface area contributed by atoms with Gasteiger partial charge in [0.2, 0.25) is 5.91 Å². The molecule has 1 atom stereocenters. The summed E-state index contributed by atoms with van der Waals surface area (Å²) in [7, 11) is 0. The van der Waals surface area contributed by atoms with Crippen LogP contribution in [0.4, 0.5) is 0 Å². The number of piperidine rings is 1. The minimum absolute atomic E-state index is 0.0335. The predicted molar refractivity (Wildman–Crippen MR) is 61.0 cm³/mol. The number of rotatable bonds is 3. The zero-order valence-electron chi connectivity index (χ0n) is 9.95. The molecule has 0 saturated carbocycles. The second kappa shape index (κ2) is 4.95. The van der Waals surface area contributed by atoms with Crippen LogP contribution in [0.3, 0.4) is 0 Å². The Labute approximate surface area is 96.6 Å². The van der Waals surface area contributed by atoms with Gasteiger partial charge in [-0.25, -0.2) is 0 Å². The van der Waals surface area contributed by atoms with Crippen molar-refractivity contribution < 1.29 is 9.59 Å². The van der Waals surface area contributed by atoms with Gasteiger partial charge in [-0.3, -0.25) is 9.59 Å². The van der Waals surface area contributed by atoms with Crippen molar-refractivity contribution in [1.82, 2.24) is 9.80 Å². The molecule has 0 N–H and O–H groups in total. The highest BCUT2D eigenvalue weighted by atomic mass is 16.2. The van der Waals surface area contributed by atoms with Crippen molar-refractivity contribution in [2.24, 2.45) is 5.92 Å². The van der Waals surface area contributed by atoms with E-state index in [2.05, 4.69) is 11.8 Å². The zero-order valence-corrected chi connectivity index (χ0v) is 9.95. The zero-order chi connectivity index (χ0) is 11.5. The molecule has 90 valence electrons. The first kappa shape index (κ1) is 11.6. The van der Waals surface area contributed by atoms with Crippen LogP contribution in [-0.4, -0.2) is 54.2 Å². The van der Waals surface area contributed by atoms with Crippen LogP contribution in [-0.2, 0) is 9.59 Å². The first-order valence-electron chi connectivity index (χ1n) is 6.21. The van der Waals surface area contributed by atoms with E-state index in [-0.39, 0.29) is 18.1 Å². The normalized spacial score (nSPS) is 27.8. The molecular formula is C12H20N2O2. The molecule has 2 fully saturated rings. The van der Waals surface area contributed by atoms with Gasteiger partial charge in [-0.05, 0) is 25.4 Å². The molecule has 0 aliphatic carbocycles. The Morgan fingerprint density at radius 2 is 2.12 bits per heavy atom. The van der Waals surface area contributed by atoms with Gasteiger partial charge in [-0.1, -0.05) is 6.92 Å². The number of carbonyl (C=O) groups is 2. The van der Waals surface area contributed by atoms with Crippen molar-refractivity contribution in [2.75, 3.05) is 32.7 Å². The van der Waals surface area contributed by atoms with Gasteiger partial charge >= 0.3 is 0 Å². The molecular weight excluding hydrogens is 204 g/mol. The minimum atomic E-state index is 0.0335. The topological polar surface area (TPSA) is 40.6 Å². The van der Waals surface area contributed by atoms with Gasteiger partial charge in [-0.2, -0.15) is 0 Å². The number of likely N-dealkylation sites (tertiary alicyclic amines) is 2. The summed E-state index contributed by atoms with van der Waals surface area (Å²) in [4.78, 5) is 27.0. The molecule has 4 heteroatoms. The quantitative estimate of drug-likeness (QED) is 0.656. The molecule has 2 saturated heterocycles. The van der Waals surface area contributed by atoms with Gasteiger partial charge in [0.1, 0.15) is 5.78 Å². The third-order valence-electron chi connectivity index (χ3n) is 3.66. The summed E-state index contributed by atoms with van der Waals surface area (Å²) in [5.41, 5.74) is 0. The smallest absolute Gasteiger partial charge is 0.230 e. The largest absolute Gasteiger partial charge is 0.342 e. The second-order valence-electron chi connectivity index (χ2n) is 4.85. The summed E-state index contributed by atoms with van der Waals surface area (Å²) in [6.07, 6.45) is 1.87. The summed E-state index contributed by atoms with van der Waals surface area (Å²) >= 11 is 0. The molecule has 0 radical (unpaired) electrons. The predicted octanol–water partition coefficient (Wildman–Crippen LogP) is 0.520. The van der Waals surface area contributed by atoms with Gasteiger partial charge in [0.25, 0.3) is 0 Å². The van der Waals surface area contributed by atoms with Crippen molar-refractivity contribution in [3.8, 4) is 0 Å². The molecule has 0 aromatic carbocycles. The number of Topliss-reactive ketones (excluding diaryl/α,β-unsaturated/α-hetero) is 1. The summed E-state index contributed by atoms with van der Waals surface area (Å²) in [5.74, 6) is 0.742. The van der Waals surface area contributed by atoms with Gasteiger partial charge in [0.05, 0.1) is 6.42 Å². The maximum atomic E-state index is 11.6. The van der Waals surface area contributed by atoms with E-state index in [9.17, 15) is 9.59 Å². The molecule has 2 heterocycles. The second-order valence-corrected chi connectivity index (χ2v) is 4.85. The molecule has 2 aliphatic rings. The molecule has 0 aromatic heterocycles. The summed E-state index contributed by atoms with van der Waals surface area (Å²) in [6.45, 7) is 7.02. The highest BCUT2D eigenvalue weighted by Gasteiger charge is 2.28. The Morgan fingerprint density at radius 3 is 2.75 bits per heavy atom. The molecule has 0 aromatic rings.